The molecule has 0 atom stereocenters. The molecule has 128 valence electrons. The number of carbonyl (C=O) groups excluding carboxylic acids is 1. The number of nitrogens with two attached hydrogens (primary N) is 1. The highest BCUT2D eigenvalue weighted by molar-refractivity contribution is 5.95. The van der Waals surface area contributed by atoms with Gasteiger partial charge in [0.1, 0.15) is 0 Å². The first-order chi connectivity index (χ1) is 11.7. The summed E-state index contributed by atoms with van der Waals surface area (Å²) in [6, 6.07) is 3.54. The van der Waals surface area contributed by atoms with Crippen LogP contribution in [-0.4, -0.2) is 52.7 Å². The third-order valence-corrected chi connectivity index (χ3v) is 3.69. The molecule has 1 aliphatic rings. The SMILES string of the molecule is C=C/C=C(\OC)c1nc2cc(C(=O)N3CCCC3)ccn2n1.CN. The molecule has 7 heteroatoms. The third kappa shape index (κ3) is 3.62. The summed E-state index contributed by atoms with van der Waals surface area (Å²) >= 11 is 0. The number of fused-ring (bicyclic) bond motifs is 1. The van der Waals surface area contributed by atoms with Crippen molar-refractivity contribution in [2.75, 3.05) is 27.2 Å². The van der Waals surface area contributed by atoms with Crippen molar-refractivity contribution in [3.05, 3.63) is 48.4 Å². The molecule has 0 aromatic carbocycles. The fourth-order valence-electron chi connectivity index (χ4n) is 2.56. The monoisotopic (exact) mass is 329 g/mol. The number of nitrogens with zero attached hydrogens (tertiary/aromatic N) is 4. The summed E-state index contributed by atoms with van der Waals surface area (Å²) < 4.78 is 6.87. The molecule has 0 unspecified atom stereocenters. The van der Waals surface area contributed by atoms with E-state index < -0.39 is 0 Å². The summed E-state index contributed by atoms with van der Waals surface area (Å²) in [4.78, 5) is 18.7. The van der Waals surface area contributed by atoms with Crippen LogP contribution in [0.2, 0.25) is 0 Å². The van der Waals surface area contributed by atoms with Gasteiger partial charge >= 0.3 is 0 Å². The predicted molar refractivity (Wildman–Crippen MR) is 93.4 cm³/mol. The van der Waals surface area contributed by atoms with Gasteiger partial charge in [0.15, 0.2) is 11.4 Å². The van der Waals surface area contributed by atoms with Gasteiger partial charge in [-0.2, -0.15) is 0 Å². The number of amides is 1. The van der Waals surface area contributed by atoms with Crippen LogP contribution >= 0.6 is 0 Å². The number of aromatic nitrogens is 3. The van der Waals surface area contributed by atoms with Crippen LogP contribution in [0, 0.1) is 0 Å². The van der Waals surface area contributed by atoms with Gasteiger partial charge < -0.3 is 15.4 Å². The summed E-state index contributed by atoms with van der Waals surface area (Å²) in [7, 11) is 3.06. The zero-order valence-electron chi connectivity index (χ0n) is 14.1. The molecule has 1 fully saturated rings. The quantitative estimate of drug-likeness (QED) is 0.682. The largest absolute Gasteiger partial charge is 0.493 e. The third-order valence-electron chi connectivity index (χ3n) is 3.69. The maximum Gasteiger partial charge on any atom is 0.254 e. The lowest BCUT2D eigenvalue weighted by atomic mass is 10.2. The number of hydrogen-bond acceptors (Lipinski definition) is 5. The molecular weight excluding hydrogens is 306 g/mol. The Hall–Kier alpha value is -2.67. The van der Waals surface area contributed by atoms with Gasteiger partial charge in [-0.05, 0) is 38.1 Å². The van der Waals surface area contributed by atoms with E-state index >= 15 is 0 Å². The Labute approximate surface area is 141 Å². The maximum atomic E-state index is 12.4. The van der Waals surface area contributed by atoms with E-state index in [1.165, 1.54) is 7.05 Å². The van der Waals surface area contributed by atoms with E-state index in [0.717, 1.165) is 25.9 Å². The van der Waals surface area contributed by atoms with Gasteiger partial charge in [-0.1, -0.05) is 12.7 Å². The Morgan fingerprint density at radius 1 is 1.38 bits per heavy atom. The molecule has 1 amide bonds. The van der Waals surface area contributed by atoms with Crippen LogP contribution in [0.1, 0.15) is 29.0 Å². The van der Waals surface area contributed by atoms with E-state index in [1.807, 2.05) is 4.90 Å². The molecule has 24 heavy (non-hydrogen) atoms. The van der Waals surface area contributed by atoms with Crippen molar-refractivity contribution in [3.8, 4) is 0 Å². The van der Waals surface area contributed by atoms with Crippen LogP contribution in [0.5, 0.6) is 0 Å². The van der Waals surface area contributed by atoms with Crippen LogP contribution in [-0.2, 0) is 4.74 Å². The van der Waals surface area contributed by atoms with Crippen molar-refractivity contribution >= 4 is 17.3 Å². The van der Waals surface area contributed by atoms with Gasteiger partial charge in [0, 0.05) is 24.8 Å². The number of rotatable bonds is 4. The van der Waals surface area contributed by atoms with Crippen LogP contribution in [0.15, 0.2) is 37.1 Å². The van der Waals surface area contributed by atoms with Crippen molar-refractivity contribution in [3.63, 3.8) is 0 Å². The van der Waals surface area contributed by atoms with Crippen LogP contribution in [0.4, 0.5) is 0 Å². The van der Waals surface area contributed by atoms with E-state index in [9.17, 15) is 4.79 Å². The molecule has 3 heterocycles. The van der Waals surface area contributed by atoms with Gasteiger partial charge in [0.25, 0.3) is 5.91 Å². The first-order valence-electron chi connectivity index (χ1n) is 7.83. The molecule has 2 N–H and O–H groups in total. The Morgan fingerprint density at radius 2 is 2.08 bits per heavy atom. The Kier molecular flexibility index (Phi) is 6.08. The van der Waals surface area contributed by atoms with Crippen molar-refractivity contribution in [2.24, 2.45) is 5.73 Å². The fraction of sp³-hybridized carbons (Fsp3) is 0.353. The Balaban J connectivity index is 0.00000100. The second-order valence-electron chi connectivity index (χ2n) is 5.12. The number of pyridine rings is 1. The van der Waals surface area contributed by atoms with E-state index in [-0.39, 0.29) is 5.91 Å². The molecule has 0 radical (unpaired) electrons. The van der Waals surface area contributed by atoms with E-state index in [1.54, 1.807) is 42.1 Å². The lowest BCUT2D eigenvalue weighted by molar-refractivity contribution is 0.0793. The molecule has 2 aromatic rings. The molecular formula is C17H23N5O2. The Bertz CT molecular complexity index is 745. The smallest absolute Gasteiger partial charge is 0.254 e. The number of likely N-dealkylation sites (tertiary alicyclic amines) is 1. The molecule has 2 aromatic heterocycles. The zero-order chi connectivity index (χ0) is 17.5. The minimum atomic E-state index is 0.0538. The molecule has 0 bridgehead atoms. The number of carbonyl (C=O) groups is 1. The lowest BCUT2D eigenvalue weighted by Gasteiger charge is -2.14. The number of ether oxygens (including phenoxy) is 1. The number of hydrogen-bond donors (Lipinski definition) is 1. The first kappa shape index (κ1) is 17.7. The minimum Gasteiger partial charge on any atom is -0.493 e. The summed E-state index contributed by atoms with van der Waals surface area (Å²) in [6.45, 7) is 5.30. The van der Waals surface area contributed by atoms with E-state index in [4.69, 9.17) is 4.74 Å². The number of allylic oxidation sites excluding steroid dienone is 2. The Morgan fingerprint density at radius 3 is 2.71 bits per heavy atom. The molecule has 3 rings (SSSR count). The van der Waals surface area contributed by atoms with Gasteiger partial charge in [0.2, 0.25) is 5.82 Å². The highest BCUT2D eigenvalue weighted by Crippen LogP contribution is 2.16. The summed E-state index contributed by atoms with van der Waals surface area (Å²) in [5.41, 5.74) is 5.76. The molecule has 0 aliphatic carbocycles. The van der Waals surface area contributed by atoms with Gasteiger partial charge in [0.05, 0.1) is 7.11 Å². The molecule has 7 nitrogen and oxygen atoms in total. The second kappa shape index (κ2) is 8.26. The van der Waals surface area contributed by atoms with E-state index in [0.29, 0.717) is 22.8 Å². The van der Waals surface area contributed by atoms with Gasteiger partial charge in [-0.15, -0.1) is 5.10 Å². The lowest BCUT2D eigenvalue weighted by Crippen LogP contribution is -2.27. The van der Waals surface area contributed by atoms with Gasteiger partial charge in [-0.25, -0.2) is 9.50 Å². The summed E-state index contributed by atoms with van der Waals surface area (Å²) in [5.74, 6) is 1.05. The maximum absolute atomic E-state index is 12.4. The van der Waals surface area contributed by atoms with Crippen molar-refractivity contribution < 1.29 is 9.53 Å². The topological polar surface area (TPSA) is 85.8 Å². The average Bonchev–Trinajstić information content (AvgIpc) is 3.29. The zero-order valence-corrected chi connectivity index (χ0v) is 14.1. The summed E-state index contributed by atoms with van der Waals surface area (Å²) in [5, 5.41) is 4.34. The molecule has 1 aliphatic heterocycles. The van der Waals surface area contributed by atoms with Crippen molar-refractivity contribution in [1.82, 2.24) is 19.5 Å². The average molecular weight is 329 g/mol. The van der Waals surface area contributed by atoms with Gasteiger partial charge in [-0.3, -0.25) is 4.79 Å². The van der Waals surface area contributed by atoms with Crippen LogP contribution in [0.3, 0.4) is 0 Å². The minimum absolute atomic E-state index is 0.0538. The molecule has 1 saturated heterocycles. The van der Waals surface area contributed by atoms with Crippen molar-refractivity contribution in [2.45, 2.75) is 12.8 Å². The van der Waals surface area contributed by atoms with E-state index in [2.05, 4.69) is 22.4 Å². The molecule has 0 saturated carbocycles. The molecule has 0 spiro atoms. The predicted octanol–water partition coefficient (Wildman–Crippen LogP) is 1.71. The normalized spacial score (nSPS) is 14.3. The fourth-order valence-corrected chi connectivity index (χ4v) is 2.56. The highest BCUT2D eigenvalue weighted by atomic mass is 16.5. The van der Waals surface area contributed by atoms with Crippen molar-refractivity contribution in [1.29, 1.82) is 0 Å². The van der Waals surface area contributed by atoms with Crippen LogP contribution < -0.4 is 5.73 Å². The highest BCUT2D eigenvalue weighted by Gasteiger charge is 2.20. The first-order valence-corrected chi connectivity index (χ1v) is 7.83. The van der Waals surface area contributed by atoms with Crippen LogP contribution in [0.25, 0.3) is 11.4 Å². The summed E-state index contributed by atoms with van der Waals surface area (Å²) in [6.07, 6.45) is 7.22. The standard InChI is InChI=1S/C16H18N4O2.CH5N/c1-3-6-13(22-2)15-17-14-11-12(7-10-20(14)18-15)16(21)19-8-4-5-9-19;1-2/h3,6-7,10-11H,1,4-5,8-9H2,2H3;2H2,1H3/b13-6-;. The second-order valence-corrected chi connectivity index (χ2v) is 5.12. The number of methoxy groups -OCH3 is 1.